The fourth-order valence-corrected chi connectivity index (χ4v) is 4.99. The molecular weight excluding hydrogens is 452 g/mol. The summed E-state index contributed by atoms with van der Waals surface area (Å²) in [6.07, 6.45) is 0. The molecule has 0 radical (unpaired) electrons. The number of nitrogens with one attached hydrogen (secondary N) is 1. The summed E-state index contributed by atoms with van der Waals surface area (Å²) >= 11 is 1.18. The van der Waals surface area contributed by atoms with Crippen LogP contribution in [0.5, 0.6) is 11.5 Å². The number of thioether (sulfide) groups is 1. The van der Waals surface area contributed by atoms with Crippen molar-refractivity contribution in [1.29, 1.82) is 0 Å². The molecule has 3 rings (SSSR count). The van der Waals surface area contributed by atoms with E-state index in [0.717, 1.165) is 0 Å². The zero-order chi connectivity index (χ0) is 23.3. The average Bonchev–Trinajstić information content (AvgIpc) is 3.12. The van der Waals surface area contributed by atoms with Gasteiger partial charge in [0.15, 0.2) is 26.5 Å². The van der Waals surface area contributed by atoms with Crippen molar-refractivity contribution in [1.82, 2.24) is 14.8 Å². The number of benzene rings is 2. The van der Waals surface area contributed by atoms with E-state index in [-0.39, 0.29) is 16.6 Å². The van der Waals surface area contributed by atoms with Gasteiger partial charge in [0.1, 0.15) is 11.6 Å². The van der Waals surface area contributed by atoms with E-state index in [2.05, 4.69) is 15.5 Å². The van der Waals surface area contributed by atoms with Crippen LogP contribution in [0.25, 0.3) is 0 Å². The van der Waals surface area contributed by atoms with Crippen molar-refractivity contribution in [3.8, 4) is 11.5 Å². The van der Waals surface area contributed by atoms with E-state index >= 15 is 0 Å². The molecule has 32 heavy (non-hydrogen) atoms. The smallest absolute Gasteiger partial charge is 0.237 e. The Hall–Kier alpha value is -3.05. The highest BCUT2D eigenvalue weighted by Crippen LogP contribution is 2.30. The molecule has 1 atom stereocenters. The molecule has 170 valence electrons. The summed E-state index contributed by atoms with van der Waals surface area (Å²) in [6, 6.07) is 13.3. The lowest BCUT2D eigenvalue weighted by molar-refractivity contribution is -0.115. The number of ether oxygens (including phenoxy) is 2. The van der Waals surface area contributed by atoms with Crippen LogP contribution in [-0.4, -0.2) is 48.6 Å². The maximum absolute atomic E-state index is 12.6. The second kappa shape index (κ2) is 10.0. The SMILES string of the molecule is COc1ccc(NC(=O)C(C)Sc2nnc(CS(=O)(=O)c3ccccc3)n2C)cc1OC. The topological polar surface area (TPSA) is 112 Å². The first-order valence-electron chi connectivity index (χ1n) is 9.60. The Morgan fingerprint density at radius 3 is 2.44 bits per heavy atom. The molecule has 1 N–H and O–H groups in total. The Morgan fingerprint density at radius 2 is 1.78 bits per heavy atom. The van der Waals surface area contributed by atoms with Gasteiger partial charge in [-0.25, -0.2) is 8.42 Å². The third-order valence-corrected chi connectivity index (χ3v) is 7.41. The molecule has 9 nitrogen and oxygen atoms in total. The Bertz CT molecular complexity index is 1200. The zero-order valence-corrected chi connectivity index (χ0v) is 19.7. The highest BCUT2D eigenvalue weighted by Gasteiger charge is 2.23. The molecule has 0 aliphatic heterocycles. The van der Waals surface area contributed by atoms with Crippen molar-refractivity contribution >= 4 is 33.2 Å². The molecule has 0 spiro atoms. The second-order valence-corrected chi connectivity index (χ2v) is 10.1. The predicted molar refractivity (Wildman–Crippen MR) is 122 cm³/mol. The number of nitrogens with zero attached hydrogens (tertiary/aromatic N) is 3. The van der Waals surface area contributed by atoms with Crippen LogP contribution < -0.4 is 14.8 Å². The highest BCUT2D eigenvalue weighted by molar-refractivity contribution is 8.00. The molecular formula is C21H24N4O5S2. The fraction of sp³-hybridized carbons (Fsp3) is 0.286. The van der Waals surface area contributed by atoms with Crippen molar-refractivity contribution in [2.45, 2.75) is 28.0 Å². The van der Waals surface area contributed by atoms with Gasteiger partial charge in [0.2, 0.25) is 5.91 Å². The Kier molecular flexibility index (Phi) is 7.41. The highest BCUT2D eigenvalue weighted by atomic mass is 32.2. The Morgan fingerprint density at radius 1 is 1.09 bits per heavy atom. The lowest BCUT2D eigenvalue weighted by Crippen LogP contribution is -2.23. The number of anilines is 1. The Labute approximate surface area is 191 Å². The predicted octanol–water partition coefficient (Wildman–Crippen LogP) is 2.93. The van der Waals surface area contributed by atoms with Gasteiger partial charge in [0, 0.05) is 18.8 Å². The first kappa shape index (κ1) is 23.6. The van der Waals surface area contributed by atoms with Crippen LogP contribution in [0, 0.1) is 0 Å². The van der Waals surface area contributed by atoms with Crippen molar-refractivity contribution in [3.05, 3.63) is 54.4 Å². The second-order valence-electron chi connectivity index (χ2n) is 6.85. The monoisotopic (exact) mass is 476 g/mol. The molecule has 1 heterocycles. The molecule has 0 fully saturated rings. The van der Waals surface area contributed by atoms with Crippen LogP contribution in [-0.2, 0) is 27.4 Å². The van der Waals surface area contributed by atoms with E-state index in [1.807, 2.05) is 0 Å². The minimum absolute atomic E-state index is 0.222. The molecule has 0 saturated heterocycles. The first-order valence-corrected chi connectivity index (χ1v) is 12.1. The molecule has 2 aromatic carbocycles. The van der Waals surface area contributed by atoms with Gasteiger partial charge in [-0.1, -0.05) is 30.0 Å². The lowest BCUT2D eigenvalue weighted by Gasteiger charge is -2.13. The van der Waals surface area contributed by atoms with E-state index in [4.69, 9.17) is 9.47 Å². The average molecular weight is 477 g/mol. The van der Waals surface area contributed by atoms with Gasteiger partial charge in [-0.15, -0.1) is 10.2 Å². The lowest BCUT2D eigenvalue weighted by atomic mass is 10.2. The van der Waals surface area contributed by atoms with Crippen molar-refractivity contribution < 1.29 is 22.7 Å². The zero-order valence-electron chi connectivity index (χ0n) is 18.1. The van der Waals surface area contributed by atoms with E-state index < -0.39 is 15.1 Å². The number of carbonyl (C=O) groups excluding carboxylic acids is 1. The normalized spacial score (nSPS) is 12.2. The number of sulfone groups is 1. The maximum atomic E-state index is 12.6. The number of rotatable bonds is 9. The van der Waals surface area contributed by atoms with Crippen LogP contribution in [0.15, 0.2) is 58.6 Å². The summed E-state index contributed by atoms with van der Waals surface area (Å²) < 4.78 is 37.3. The third kappa shape index (κ3) is 5.40. The number of hydrogen-bond donors (Lipinski definition) is 1. The van der Waals surface area contributed by atoms with Gasteiger partial charge >= 0.3 is 0 Å². The standard InChI is InChI=1S/C21H24N4O5S2/c1-14(20(26)22-15-10-11-17(29-3)18(12-15)30-4)31-21-24-23-19(25(21)2)13-32(27,28)16-8-6-5-7-9-16/h5-12,14H,13H2,1-4H3,(H,22,26). The minimum Gasteiger partial charge on any atom is -0.493 e. The molecule has 3 aromatic rings. The summed E-state index contributed by atoms with van der Waals surface area (Å²) in [4.78, 5) is 12.9. The van der Waals surface area contributed by atoms with Gasteiger partial charge in [-0.05, 0) is 31.2 Å². The largest absolute Gasteiger partial charge is 0.493 e. The molecule has 0 aliphatic carbocycles. The number of carbonyl (C=O) groups is 1. The summed E-state index contributed by atoms with van der Waals surface area (Å²) in [5.74, 6) is 0.827. The van der Waals surface area contributed by atoms with Crippen molar-refractivity contribution in [2.24, 2.45) is 7.05 Å². The van der Waals surface area contributed by atoms with Gasteiger partial charge in [0.25, 0.3) is 0 Å². The number of amides is 1. The summed E-state index contributed by atoms with van der Waals surface area (Å²) in [5, 5.41) is 10.8. The van der Waals surface area contributed by atoms with Crippen LogP contribution in [0.1, 0.15) is 12.7 Å². The van der Waals surface area contributed by atoms with Crippen molar-refractivity contribution in [3.63, 3.8) is 0 Å². The maximum Gasteiger partial charge on any atom is 0.237 e. The fourth-order valence-electron chi connectivity index (χ4n) is 2.82. The van der Waals surface area contributed by atoms with Crippen LogP contribution >= 0.6 is 11.8 Å². The van der Waals surface area contributed by atoms with Crippen molar-refractivity contribution in [2.75, 3.05) is 19.5 Å². The summed E-state index contributed by atoms with van der Waals surface area (Å²) in [5.41, 5.74) is 0.563. The quantitative estimate of drug-likeness (QED) is 0.469. The van der Waals surface area contributed by atoms with Gasteiger partial charge in [-0.3, -0.25) is 4.79 Å². The van der Waals surface area contributed by atoms with Gasteiger partial charge in [-0.2, -0.15) is 0 Å². The Balaban J connectivity index is 1.67. The number of hydrogen-bond acceptors (Lipinski definition) is 8. The summed E-state index contributed by atoms with van der Waals surface area (Å²) in [7, 11) is 1.18. The molecule has 1 aromatic heterocycles. The molecule has 1 amide bonds. The van der Waals surface area contributed by atoms with E-state index in [1.54, 1.807) is 67.1 Å². The molecule has 1 unspecified atom stereocenters. The number of methoxy groups -OCH3 is 2. The van der Waals surface area contributed by atoms with Crippen LogP contribution in [0.2, 0.25) is 0 Å². The molecule has 0 bridgehead atoms. The summed E-state index contributed by atoms with van der Waals surface area (Å²) in [6.45, 7) is 1.73. The van der Waals surface area contributed by atoms with Crippen LogP contribution in [0.3, 0.4) is 0 Å². The van der Waals surface area contributed by atoms with E-state index in [1.165, 1.54) is 26.0 Å². The van der Waals surface area contributed by atoms with Crippen LogP contribution in [0.4, 0.5) is 5.69 Å². The molecule has 0 aliphatic rings. The van der Waals surface area contributed by atoms with Gasteiger partial charge < -0.3 is 19.4 Å². The minimum atomic E-state index is -3.55. The van der Waals surface area contributed by atoms with E-state index in [0.29, 0.717) is 28.2 Å². The van der Waals surface area contributed by atoms with E-state index in [9.17, 15) is 13.2 Å². The number of aromatic nitrogens is 3. The molecule has 11 heteroatoms. The molecule has 0 saturated carbocycles. The first-order chi connectivity index (χ1) is 15.2. The van der Waals surface area contributed by atoms with Gasteiger partial charge in [0.05, 0.1) is 24.4 Å². The third-order valence-electron chi connectivity index (χ3n) is 4.65.